The van der Waals surface area contributed by atoms with Crippen molar-refractivity contribution in [2.24, 2.45) is 5.73 Å². The van der Waals surface area contributed by atoms with Crippen LogP contribution in [-0.2, 0) is 4.79 Å². The van der Waals surface area contributed by atoms with Crippen molar-refractivity contribution in [3.8, 4) is 0 Å². The Labute approximate surface area is 105 Å². The maximum atomic E-state index is 12.4. The van der Waals surface area contributed by atoms with E-state index in [1.165, 1.54) is 4.90 Å². The van der Waals surface area contributed by atoms with Crippen molar-refractivity contribution in [3.63, 3.8) is 0 Å². The van der Waals surface area contributed by atoms with E-state index in [1.807, 2.05) is 0 Å². The van der Waals surface area contributed by atoms with E-state index in [0.717, 1.165) is 12.8 Å². The normalized spacial score (nSPS) is 18.4. The first kappa shape index (κ1) is 15.2. The lowest BCUT2D eigenvalue weighted by atomic mass is 10.2. The molecule has 0 saturated heterocycles. The molecule has 0 aromatic heterocycles. The lowest BCUT2D eigenvalue weighted by molar-refractivity contribution is -0.151. The van der Waals surface area contributed by atoms with Gasteiger partial charge in [-0.3, -0.25) is 9.69 Å². The van der Waals surface area contributed by atoms with Crippen LogP contribution in [0.5, 0.6) is 0 Å². The van der Waals surface area contributed by atoms with Gasteiger partial charge in [0.1, 0.15) is 0 Å². The molecule has 4 nitrogen and oxygen atoms in total. The standard InChI is InChI=1S/C11H20F3N3O/c1-7(2)17(6-11(12,13)14)5-9(10(15)18)16-8-3-4-8/h7-9,16H,3-6H2,1-2H3,(H2,15,18). The van der Waals surface area contributed by atoms with E-state index >= 15 is 0 Å². The van der Waals surface area contributed by atoms with Gasteiger partial charge in [-0.1, -0.05) is 0 Å². The number of carbonyl (C=O) groups excluding carboxylic acids is 1. The fraction of sp³-hybridized carbons (Fsp3) is 0.909. The van der Waals surface area contributed by atoms with Crippen LogP contribution >= 0.6 is 0 Å². The Morgan fingerprint density at radius 2 is 2.00 bits per heavy atom. The Balaban J connectivity index is 2.57. The van der Waals surface area contributed by atoms with Crippen LogP contribution in [0.3, 0.4) is 0 Å². The Bertz CT molecular complexity index is 290. The lowest BCUT2D eigenvalue weighted by Gasteiger charge is -2.30. The van der Waals surface area contributed by atoms with Gasteiger partial charge >= 0.3 is 6.18 Å². The average Bonchev–Trinajstić information content (AvgIpc) is 2.96. The Hall–Kier alpha value is -0.820. The summed E-state index contributed by atoms with van der Waals surface area (Å²) >= 11 is 0. The summed E-state index contributed by atoms with van der Waals surface area (Å²) in [6, 6.07) is -0.792. The maximum absolute atomic E-state index is 12.4. The summed E-state index contributed by atoms with van der Waals surface area (Å²) in [6.45, 7) is 2.30. The fourth-order valence-corrected chi connectivity index (χ4v) is 1.68. The molecule has 0 radical (unpaired) electrons. The van der Waals surface area contributed by atoms with E-state index in [9.17, 15) is 18.0 Å². The number of rotatable bonds is 7. The molecule has 18 heavy (non-hydrogen) atoms. The first-order chi connectivity index (χ1) is 8.19. The van der Waals surface area contributed by atoms with Gasteiger partial charge in [0.15, 0.2) is 0 Å². The molecule has 1 amide bonds. The molecule has 1 fully saturated rings. The predicted octanol–water partition coefficient (Wildman–Crippen LogP) is 0.865. The minimum atomic E-state index is -4.27. The van der Waals surface area contributed by atoms with Crippen LogP contribution in [-0.4, -0.2) is 48.2 Å². The highest BCUT2D eigenvalue weighted by atomic mass is 19.4. The summed E-state index contributed by atoms with van der Waals surface area (Å²) in [6.07, 6.45) is -2.37. The highest BCUT2D eigenvalue weighted by Crippen LogP contribution is 2.21. The van der Waals surface area contributed by atoms with Crippen molar-refractivity contribution >= 4 is 5.91 Å². The molecule has 3 N–H and O–H groups in total. The van der Waals surface area contributed by atoms with Crippen LogP contribution in [0, 0.1) is 0 Å². The third-order valence-electron chi connectivity index (χ3n) is 2.89. The van der Waals surface area contributed by atoms with Gasteiger partial charge in [-0.05, 0) is 26.7 Å². The van der Waals surface area contributed by atoms with Gasteiger partial charge in [0, 0.05) is 18.6 Å². The molecule has 1 unspecified atom stereocenters. The van der Waals surface area contributed by atoms with Gasteiger partial charge in [-0.2, -0.15) is 13.2 Å². The van der Waals surface area contributed by atoms with Gasteiger partial charge in [-0.15, -0.1) is 0 Å². The number of nitrogens with one attached hydrogen (secondary N) is 1. The predicted molar refractivity (Wildman–Crippen MR) is 61.9 cm³/mol. The molecule has 0 bridgehead atoms. The first-order valence-electron chi connectivity index (χ1n) is 6.05. The Morgan fingerprint density at radius 3 is 2.33 bits per heavy atom. The molecule has 1 aliphatic carbocycles. The van der Waals surface area contributed by atoms with Gasteiger partial charge in [-0.25, -0.2) is 0 Å². The third kappa shape index (κ3) is 5.68. The molecule has 1 saturated carbocycles. The van der Waals surface area contributed by atoms with Gasteiger partial charge < -0.3 is 11.1 Å². The monoisotopic (exact) mass is 267 g/mol. The number of hydrogen-bond donors (Lipinski definition) is 2. The summed E-state index contributed by atoms with van der Waals surface area (Å²) in [5.41, 5.74) is 5.22. The van der Waals surface area contributed by atoms with Crippen LogP contribution in [0.25, 0.3) is 0 Å². The summed E-state index contributed by atoms with van der Waals surface area (Å²) < 4.78 is 37.2. The Morgan fingerprint density at radius 1 is 1.44 bits per heavy atom. The molecule has 0 aliphatic heterocycles. The van der Waals surface area contributed by atoms with E-state index in [2.05, 4.69) is 5.32 Å². The van der Waals surface area contributed by atoms with E-state index in [1.54, 1.807) is 13.8 Å². The molecule has 0 spiro atoms. The molecule has 1 atom stereocenters. The lowest BCUT2D eigenvalue weighted by Crippen LogP contribution is -2.53. The van der Waals surface area contributed by atoms with Gasteiger partial charge in [0.2, 0.25) is 5.91 Å². The number of primary amides is 1. The minimum absolute atomic E-state index is 0.0109. The molecule has 106 valence electrons. The zero-order chi connectivity index (χ0) is 13.9. The largest absolute Gasteiger partial charge is 0.401 e. The highest BCUT2D eigenvalue weighted by molar-refractivity contribution is 5.80. The van der Waals surface area contributed by atoms with Crippen molar-refractivity contribution < 1.29 is 18.0 Å². The van der Waals surface area contributed by atoms with Crippen LogP contribution in [0.2, 0.25) is 0 Å². The molecule has 0 aromatic rings. The zero-order valence-corrected chi connectivity index (χ0v) is 10.6. The summed E-state index contributed by atoms with van der Waals surface area (Å²) in [7, 11) is 0. The summed E-state index contributed by atoms with van der Waals surface area (Å²) in [4.78, 5) is 12.5. The van der Waals surface area contributed by atoms with E-state index < -0.39 is 24.7 Å². The van der Waals surface area contributed by atoms with Crippen molar-refractivity contribution in [3.05, 3.63) is 0 Å². The van der Waals surface area contributed by atoms with Crippen molar-refractivity contribution in [1.29, 1.82) is 0 Å². The zero-order valence-electron chi connectivity index (χ0n) is 10.6. The first-order valence-corrected chi connectivity index (χ1v) is 6.05. The smallest absolute Gasteiger partial charge is 0.368 e. The molecule has 1 rings (SSSR count). The van der Waals surface area contributed by atoms with E-state index in [4.69, 9.17) is 5.73 Å². The van der Waals surface area contributed by atoms with Crippen LogP contribution in [0.15, 0.2) is 0 Å². The number of alkyl halides is 3. The van der Waals surface area contributed by atoms with Crippen molar-refractivity contribution in [1.82, 2.24) is 10.2 Å². The second kappa shape index (κ2) is 5.88. The number of hydrogen-bond acceptors (Lipinski definition) is 3. The SMILES string of the molecule is CC(C)N(CC(NC1CC1)C(N)=O)CC(F)(F)F. The van der Waals surface area contributed by atoms with Crippen molar-refractivity contribution in [2.45, 2.75) is 51.0 Å². The molecule has 0 heterocycles. The van der Waals surface area contributed by atoms with Crippen LogP contribution in [0.1, 0.15) is 26.7 Å². The summed E-state index contributed by atoms with van der Waals surface area (Å²) in [5, 5.41) is 2.98. The maximum Gasteiger partial charge on any atom is 0.401 e. The fourth-order valence-electron chi connectivity index (χ4n) is 1.68. The molecular weight excluding hydrogens is 247 g/mol. The second-order valence-electron chi connectivity index (χ2n) is 5.03. The van der Waals surface area contributed by atoms with Crippen LogP contribution in [0.4, 0.5) is 13.2 Å². The highest BCUT2D eigenvalue weighted by Gasteiger charge is 2.35. The third-order valence-corrected chi connectivity index (χ3v) is 2.89. The second-order valence-corrected chi connectivity index (χ2v) is 5.03. The average molecular weight is 267 g/mol. The topological polar surface area (TPSA) is 58.4 Å². The summed E-state index contributed by atoms with van der Waals surface area (Å²) in [5.74, 6) is -0.602. The number of halogens is 3. The quantitative estimate of drug-likeness (QED) is 0.719. The van der Waals surface area contributed by atoms with Crippen molar-refractivity contribution in [2.75, 3.05) is 13.1 Å². The number of amides is 1. The molecule has 7 heteroatoms. The molecule has 1 aliphatic rings. The van der Waals surface area contributed by atoms with Gasteiger partial charge in [0.25, 0.3) is 0 Å². The number of nitrogens with zero attached hydrogens (tertiary/aromatic N) is 1. The van der Waals surface area contributed by atoms with E-state index in [0.29, 0.717) is 0 Å². The Kier molecular flexibility index (Phi) is 4.98. The molecular formula is C11H20F3N3O. The van der Waals surface area contributed by atoms with E-state index in [-0.39, 0.29) is 18.6 Å². The minimum Gasteiger partial charge on any atom is -0.368 e. The number of nitrogens with two attached hydrogens (primary N) is 1. The van der Waals surface area contributed by atoms with Gasteiger partial charge in [0.05, 0.1) is 12.6 Å². The number of carbonyl (C=O) groups is 1. The molecule has 0 aromatic carbocycles. The van der Waals surface area contributed by atoms with Crippen LogP contribution < -0.4 is 11.1 Å².